The number of imidazole rings is 1. The first kappa shape index (κ1) is 14.4. The molecule has 0 aliphatic rings. The summed E-state index contributed by atoms with van der Waals surface area (Å²) >= 11 is 3.03. The average Bonchev–Trinajstić information content (AvgIpc) is 3.13. The monoisotopic (exact) mass is 341 g/mol. The third kappa shape index (κ3) is 2.34. The minimum atomic E-state index is -0.0768. The number of hydrogen-bond donors (Lipinski definition) is 1. The normalized spacial score (nSPS) is 11.4. The zero-order valence-electron chi connectivity index (χ0n) is 13.0. The van der Waals surface area contributed by atoms with E-state index in [-0.39, 0.29) is 5.91 Å². The lowest BCUT2D eigenvalue weighted by atomic mass is 10.1. The standard InChI is InChI=1S/C17H15N3OS2/c1-9-6-10(2)14(11(3)7-9)18-15(21)13-8-12-16(23-13)19-17-20(12)4-5-22-17/h4-8H,1-3H3,(H,18,21). The predicted molar refractivity (Wildman–Crippen MR) is 97.1 cm³/mol. The molecule has 0 atom stereocenters. The Bertz CT molecular complexity index is 1030. The molecule has 0 unspecified atom stereocenters. The van der Waals surface area contributed by atoms with E-state index < -0.39 is 0 Å². The van der Waals surface area contributed by atoms with Crippen LogP contribution < -0.4 is 5.32 Å². The van der Waals surface area contributed by atoms with Crippen LogP contribution in [0.25, 0.3) is 15.3 Å². The quantitative estimate of drug-likeness (QED) is 0.570. The van der Waals surface area contributed by atoms with Gasteiger partial charge in [0.2, 0.25) is 0 Å². The molecule has 0 aliphatic carbocycles. The zero-order chi connectivity index (χ0) is 16.1. The summed E-state index contributed by atoms with van der Waals surface area (Å²) in [5.74, 6) is -0.0768. The Kier molecular flexibility index (Phi) is 3.25. The highest BCUT2D eigenvalue weighted by atomic mass is 32.1. The van der Waals surface area contributed by atoms with Gasteiger partial charge >= 0.3 is 0 Å². The van der Waals surface area contributed by atoms with Crippen LogP contribution in [-0.4, -0.2) is 15.3 Å². The van der Waals surface area contributed by atoms with Crippen LogP contribution in [0.2, 0.25) is 0 Å². The number of benzene rings is 1. The number of thiazole rings is 1. The van der Waals surface area contributed by atoms with Crippen molar-refractivity contribution in [2.24, 2.45) is 0 Å². The lowest BCUT2D eigenvalue weighted by molar-refractivity contribution is 0.103. The fourth-order valence-electron chi connectivity index (χ4n) is 2.91. The van der Waals surface area contributed by atoms with Crippen LogP contribution in [-0.2, 0) is 0 Å². The maximum atomic E-state index is 12.6. The molecule has 1 amide bonds. The minimum Gasteiger partial charge on any atom is -0.321 e. The molecule has 3 heterocycles. The average molecular weight is 341 g/mol. The maximum Gasteiger partial charge on any atom is 0.265 e. The molecule has 4 rings (SSSR count). The number of nitrogens with one attached hydrogen (secondary N) is 1. The van der Waals surface area contributed by atoms with E-state index in [1.54, 1.807) is 11.3 Å². The Labute approximate surface area is 141 Å². The summed E-state index contributed by atoms with van der Waals surface area (Å²) in [6.07, 6.45) is 1.98. The van der Waals surface area contributed by atoms with E-state index in [0.717, 1.165) is 32.1 Å². The summed E-state index contributed by atoms with van der Waals surface area (Å²) in [5, 5.41) is 5.05. The number of carbonyl (C=O) groups is 1. The summed E-state index contributed by atoms with van der Waals surface area (Å²) in [4.78, 5) is 19.7. The first-order chi connectivity index (χ1) is 11.0. The molecule has 23 heavy (non-hydrogen) atoms. The first-order valence-electron chi connectivity index (χ1n) is 7.27. The Balaban J connectivity index is 1.70. The number of carbonyl (C=O) groups excluding carboxylic acids is 1. The highest BCUT2D eigenvalue weighted by Gasteiger charge is 2.16. The molecule has 0 saturated carbocycles. The van der Waals surface area contributed by atoms with Crippen molar-refractivity contribution in [1.29, 1.82) is 0 Å². The molecule has 0 fully saturated rings. The molecule has 6 heteroatoms. The number of nitrogens with zero attached hydrogens (tertiary/aromatic N) is 2. The topological polar surface area (TPSA) is 46.4 Å². The van der Waals surface area contributed by atoms with E-state index in [2.05, 4.69) is 29.4 Å². The molecule has 0 spiro atoms. The van der Waals surface area contributed by atoms with E-state index in [1.807, 2.05) is 35.9 Å². The number of fused-ring (bicyclic) bond motifs is 3. The highest BCUT2D eigenvalue weighted by molar-refractivity contribution is 7.21. The second-order valence-electron chi connectivity index (χ2n) is 5.70. The molecule has 3 aromatic heterocycles. The highest BCUT2D eigenvalue weighted by Crippen LogP contribution is 2.29. The second-order valence-corrected chi connectivity index (χ2v) is 7.60. The third-order valence-corrected chi connectivity index (χ3v) is 5.65. The van der Waals surface area contributed by atoms with Crippen LogP contribution in [0.4, 0.5) is 5.69 Å². The van der Waals surface area contributed by atoms with Gasteiger partial charge in [-0.25, -0.2) is 4.98 Å². The largest absolute Gasteiger partial charge is 0.321 e. The number of anilines is 1. The van der Waals surface area contributed by atoms with E-state index in [4.69, 9.17) is 0 Å². The molecule has 1 N–H and O–H groups in total. The van der Waals surface area contributed by atoms with E-state index in [0.29, 0.717) is 4.88 Å². The van der Waals surface area contributed by atoms with Gasteiger partial charge in [-0.05, 0) is 38.0 Å². The van der Waals surface area contributed by atoms with Gasteiger partial charge in [-0.15, -0.1) is 22.7 Å². The molecule has 4 nitrogen and oxygen atoms in total. The van der Waals surface area contributed by atoms with Crippen molar-refractivity contribution in [3.63, 3.8) is 0 Å². The van der Waals surface area contributed by atoms with Crippen molar-refractivity contribution in [3.8, 4) is 0 Å². The van der Waals surface area contributed by atoms with Gasteiger partial charge in [0.1, 0.15) is 4.83 Å². The molecule has 4 aromatic rings. The van der Waals surface area contributed by atoms with E-state index >= 15 is 0 Å². The van der Waals surface area contributed by atoms with Crippen molar-refractivity contribution in [1.82, 2.24) is 9.38 Å². The molecule has 0 bridgehead atoms. The molecular weight excluding hydrogens is 326 g/mol. The van der Waals surface area contributed by atoms with Crippen molar-refractivity contribution in [2.75, 3.05) is 5.32 Å². The van der Waals surface area contributed by atoms with Crippen LogP contribution in [0.3, 0.4) is 0 Å². The molecule has 116 valence electrons. The van der Waals surface area contributed by atoms with E-state index in [9.17, 15) is 4.79 Å². The van der Waals surface area contributed by atoms with Gasteiger partial charge in [0, 0.05) is 17.3 Å². The Morgan fingerprint density at radius 1 is 1.17 bits per heavy atom. The van der Waals surface area contributed by atoms with Crippen molar-refractivity contribution in [3.05, 3.63) is 51.3 Å². The van der Waals surface area contributed by atoms with Crippen LogP contribution in [0.1, 0.15) is 26.4 Å². The SMILES string of the molecule is Cc1cc(C)c(NC(=O)c2cc3c(nc4sccn43)s2)c(C)c1. The van der Waals surface area contributed by atoms with Gasteiger partial charge in [-0.1, -0.05) is 17.7 Å². The van der Waals surface area contributed by atoms with Crippen molar-refractivity contribution >= 4 is 49.6 Å². The maximum absolute atomic E-state index is 12.6. The first-order valence-corrected chi connectivity index (χ1v) is 8.97. The van der Waals surface area contributed by atoms with Gasteiger partial charge in [-0.2, -0.15) is 0 Å². The molecule has 1 aromatic carbocycles. The van der Waals surface area contributed by atoms with Crippen molar-refractivity contribution < 1.29 is 4.79 Å². The van der Waals surface area contributed by atoms with Crippen LogP contribution >= 0.6 is 22.7 Å². The number of amides is 1. The molecule has 0 saturated heterocycles. The third-order valence-electron chi connectivity index (χ3n) is 3.88. The second kappa shape index (κ2) is 5.18. The molecule has 0 radical (unpaired) electrons. The molecule has 0 aliphatic heterocycles. The van der Waals surface area contributed by atoms with Crippen LogP contribution in [0, 0.1) is 20.8 Å². The Hall–Kier alpha value is -2.18. The summed E-state index contributed by atoms with van der Waals surface area (Å²) in [7, 11) is 0. The smallest absolute Gasteiger partial charge is 0.265 e. The number of aromatic nitrogens is 2. The number of hydrogen-bond acceptors (Lipinski definition) is 4. The summed E-state index contributed by atoms with van der Waals surface area (Å²) in [6.45, 7) is 6.10. The predicted octanol–water partition coefficient (Wildman–Crippen LogP) is 4.79. The van der Waals surface area contributed by atoms with Gasteiger partial charge in [0.05, 0.1) is 10.4 Å². The minimum absolute atomic E-state index is 0.0768. The van der Waals surface area contributed by atoms with Gasteiger partial charge in [-0.3, -0.25) is 9.20 Å². The van der Waals surface area contributed by atoms with Gasteiger partial charge in [0.25, 0.3) is 5.91 Å². The zero-order valence-corrected chi connectivity index (χ0v) is 14.6. The Morgan fingerprint density at radius 3 is 2.65 bits per heavy atom. The van der Waals surface area contributed by atoms with Gasteiger partial charge < -0.3 is 5.32 Å². The number of rotatable bonds is 2. The fourth-order valence-corrected chi connectivity index (χ4v) is 4.61. The summed E-state index contributed by atoms with van der Waals surface area (Å²) in [6, 6.07) is 6.08. The number of thiophene rings is 1. The summed E-state index contributed by atoms with van der Waals surface area (Å²) < 4.78 is 2.02. The summed E-state index contributed by atoms with van der Waals surface area (Å²) in [5.41, 5.74) is 5.26. The van der Waals surface area contributed by atoms with Gasteiger partial charge in [0.15, 0.2) is 4.96 Å². The van der Waals surface area contributed by atoms with Crippen LogP contribution in [0.15, 0.2) is 29.8 Å². The molecular formula is C17H15N3OS2. The lowest BCUT2D eigenvalue weighted by Gasteiger charge is -2.12. The Morgan fingerprint density at radius 2 is 1.91 bits per heavy atom. The van der Waals surface area contributed by atoms with E-state index in [1.165, 1.54) is 16.9 Å². The van der Waals surface area contributed by atoms with Crippen LogP contribution in [0.5, 0.6) is 0 Å². The van der Waals surface area contributed by atoms with Crippen molar-refractivity contribution in [2.45, 2.75) is 20.8 Å². The lowest BCUT2D eigenvalue weighted by Crippen LogP contribution is -2.12. The fraction of sp³-hybridized carbons (Fsp3) is 0.176. The number of aryl methyl sites for hydroxylation is 3.